The number of carbonyl (C=O) groups is 2. The molecule has 172 valence electrons. The van der Waals surface area contributed by atoms with Gasteiger partial charge in [0.1, 0.15) is 18.4 Å². The minimum absolute atomic E-state index is 0.0832. The SMILES string of the molecule is COc1cccc2[nH]cc(C[C@@H](NC(=O)OCC3c4ccccc4-c4ccccc43)C(=O)O)c12. The van der Waals surface area contributed by atoms with Crippen molar-refractivity contribution in [3.05, 3.63) is 89.6 Å². The second kappa shape index (κ2) is 8.94. The zero-order valence-electron chi connectivity index (χ0n) is 18.6. The molecule has 0 unspecified atom stereocenters. The summed E-state index contributed by atoms with van der Waals surface area (Å²) >= 11 is 0. The van der Waals surface area contributed by atoms with Crippen LogP contribution in [0.5, 0.6) is 5.75 Å². The molecular formula is C27H24N2O5. The normalized spacial score (nSPS) is 13.2. The monoisotopic (exact) mass is 456 g/mol. The Kier molecular flexibility index (Phi) is 5.67. The van der Waals surface area contributed by atoms with E-state index in [9.17, 15) is 14.7 Å². The molecule has 1 aliphatic rings. The Labute approximate surface area is 196 Å². The highest BCUT2D eigenvalue weighted by molar-refractivity contribution is 5.90. The number of carbonyl (C=O) groups excluding carboxylic acids is 1. The van der Waals surface area contributed by atoms with Crippen LogP contribution in [0.1, 0.15) is 22.6 Å². The molecule has 0 saturated heterocycles. The number of carboxylic acid groups (broad SMARTS) is 1. The van der Waals surface area contributed by atoms with Gasteiger partial charge in [-0.3, -0.25) is 0 Å². The number of nitrogens with one attached hydrogen (secondary N) is 2. The molecule has 1 amide bonds. The van der Waals surface area contributed by atoms with E-state index in [2.05, 4.69) is 22.4 Å². The molecule has 0 spiro atoms. The maximum absolute atomic E-state index is 12.6. The summed E-state index contributed by atoms with van der Waals surface area (Å²) in [5.41, 5.74) is 6.01. The predicted molar refractivity (Wildman–Crippen MR) is 128 cm³/mol. The van der Waals surface area contributed by atoms with Crippen molar-refractivity contribution in [2.24, 2.45) is 0 Å². The van der Waals surface area contributed by atoms with E-state index >= 15 is 0 Å². The summed E-state index contributed by atoms with van der Waals surface area (Å²) in [5, 5.41) is 13.1. The standard InChI is InChI=1S/C27H24N2O5/c1-33-24-12-6-11-22-25(24)16(14-28-22)13-23(26(30)31)29-27(32)34-15-21-19-9-4-2-7-17(19)18-8-3-5-10-20(18)21/h2-12,14,21,23,28H,13,15H2,1H3,(H,29,32)(H,30,31)/t23-/m1/s1. The van der Waals surface area contributed by atoms with Gasteiger partial charge < -0.3 is 24.9 Å². The lowest BCUT2D eigenvalue weighted by Crippen LogP contribution is -2.42. The lowest BCUT2D eigenvalue weighted by molar-refractivity contribution is -0.139. The fraction of sp³-hybridized carbons (Fsp3) is 0.185. The van der Waals surface area contributed by atoms with Crippen molar-refractivity contribution in [1.82, 2.24) is 10.3 Å². The fourth-order valence-electron chi connectivity index (χ4n) is 4.75. The van der Waals surface area contributed by atoms with Crippen LogP contribution in [0.25, 0.3) is 22.0 Å². The van der Waals surface area contributed by atoms with Crippen LogP contribution in [-0.4, -0.2) is 41.9 Å². The number of rotatable bonds is 7. The van der Waals surface area contributed by atoms with Gasteiger partial charge in [-0.05, 0) is 39.9 Å². The third-order valence-corrected chi connectivity index (χ3v) is 6.33. The van der Waals surface area contributed by atoms with Crippen molar-refractivity contribution in [3.63, 3.8) is 0 Å². The van der Waals surface area contributed by atoms with E-state index in [0.29, 0.717) is 5.75 Å². The second-order valence-corrected chi connectivity index (χ2v) is 8.26. The largest absolute Gasteiger partial charge is 0.496 e. The van der Waals surface area contributed by atoms with Crippen LogP contribution in [0.15, 0.2) is 72.9 Å². The second-order valence-electron chi connectivity index (χ2n) is 8.26. The molecule has 3 N–H and O–H groups in total. The first-order chi connectivity index (χ1) is 16.6. The molecule has 1 heterocycles. The molecule has 1 atom stereocenters. The van der Waals surface area contributed by atoms with Gasteiger partial charge in [-0.25, -0.2) is 9.59 Å². The maximum atomic E-state index is 12.6. The van der Waals surface area contributed by atoms with Crippen molar-refractivity contribution in [2.75, 3.05) is 13.7 Å². The van der Waals surface area contributed by atoms with Gasteiger partial charge in [0, 0.05) is 29.4 Å². The minimum Gasteiger partial charge on any atom is -0.496 e. The highest BCUT2D eigenvalue weighted by Crippen LogP contribution is 2.44. The van der Waals surface area contributed by atoms with Gasteiger partial charge in [-0.15, -0.1) is 0 Å². The van der Waals surface area contributed by atoms with Gasteiger partial charge in [0.2, 0.25) is 0 Å². The first-order valence-corrected chi connectivity index (χ1v) is 11.0. The number of aromatic nitrogens is 1. The Morgan fingerprint density at radius 2 is 1.68 bits per heavy atom. The average Bonchev–Trinajstić information content (AvgIpc) is 3.41. The summed E-state index contributed by atoms with van der Waals surface area (Å²) < 4.78 is 10.9. The molecule has 0 radical (unpaired) electrons. The van der Waals surface area contributed by atoms with Crippen LogP contribution in [-0.2, 0) is 16.0 Å². The molecule has 0 fully saturated rings. The summed E-state index contributed by atoms with van der Waals surface area (Å²) in [7, 11) is 1.56. The van der Waals surface area contributed by atoms with E-state index < -0.39 is 18.1 Å². The average molecular weight is 456 g/mol. The molecule has 1 aromatic heterocycles. The van der Waals surface area contributed by atoms with E-state index in [1.807, 2.05) is 54.6 Å². The Hall–Kier alpha value is -4.26. The topological polar surface area (TPSA) is 101 Å². The number of ether oxygens (including phenoxy) is 2. The Balaban J connectivity index is 1.30. The van der Waals surface area contributed by atoms with Crippen LogP contribution < -0.4 is 10.1 Å². The number of methoxy groups -OCH3 is 1. The fourth-order valence-corrected chi connectivity index (χ4v) is 4.75. The molecule has 0 bridgehead atoms. The quantitative estimate of drug-likeness (QED) is 0.374. The molecule has 7 nitrogen and oxygen atoms in total. The number of hydrogen-bond donors (Lipinski definition) is 3. The molecule has 0 aliphatic heterocycles. The lowest BCUT2D eigenvalue weighted by Gasteiger charge is -2.17. The number of carboxylic acids is 1. The van der Waals surface area contributed by atoms with Crippen LogP contribution >= 0.6 is 0 Å². The predicted octanol–water partition coefficient (Wildman–Crippen LogP) is 4.71. The van der Waals surface area contributed by atoms with Crippen LogP contribution in [0.2, 0.25) is 0 Å². The smallest absolute Gasteiger partial charge is 0.407 e. The van der Waals surface area contributed by atoms with Gasteiger partial charge in [0.25, 0.3) is 0 Å². The summed E-state index contributed by atoms with van der Waals surface area (Å²) in [4.78, 5) is 27.7. The van der Waals surface area contributed by atoms with Gasteiger partial charge in [0.15, 0.2) is 0 Å². The number of alkyl carbamates (subject to hydrolysis) is 1. The Bertz CT molecular complexity index is 1330. The summed E-state index contributed by atoms with van der Waals surface area (Å²) in [6.45, 7) is 0.118. The van der Waals surface area contributed by atoms with E-state index in [1.54, 1.807) is 13.3 Å². The van der Waals surface area contributed by atoms with E-state index in [4.69, 9.17) is 9.47 Å². The molecule has 1 aliphatic carbocycles. The zero-order valence-corrected chi connectivity index (χ0v) is 18.6. The van der Waals surface area contributed by atoms with Crippen molar-refractivity contribution in [1.29, 1.82) is 0 Å². The van der Waals surface area contributed by atoms with Crippen LogP contribution in [0.3, 0.4) is 0 Å². The van der Waals surface area contributed by atoms with Gasteiger partial charge in [-0.1, -0.05) is 54.6 Å². The van der Waals surface area contributed by atoms with E-state index in [1.165, 1.54) is 0 Å². The number of aromatic amines is 1. The molecule has 7 heteroatoms. The molecule has 4 aromatic rings. The number of benzene rings is 3. The first kappa shape index (κ1) is 21.6. The summed E-state index contributed by atoms with van der Waals surface area (Å²) in [6, 6.07) is 20.5. The number of H-pyrrole nitrogens is 1. The highest BCUT2D eigenvalue weighted by atomic mass is 16.5. The highest BCUT2D eigenvalue weighted by Gasteiger charge is 2.30. The van der Waals surface area contributed by atoms with Gasteiger partial charge in [0.05, 0.1) is 7.11 Å². The van der Waals surface area contributed by atoms with Crippen molar-refractivity contribution in [3.8, 4) is 16.9 Å². The number of amides is 1. The summed E-state index contributed by atoms with van der Waals surface area (Å²) in [6.07, 6.45) is 1.06. The first-order valence-electron chi connectivity index (χ1n) is 11.0. The third kappa shape index (κ3) is 3.85. The number of fused-ring (bicyclic) bond motifs is 4. The van der Waals surface area contributed by atoms with Crippen molar-refractivity contribution >= 4 is 23.0 Å². The molecule has 0 saturated carbocycles. The van der Waals surface area contributed by atoms with Gasteiger partial charge >= 0.3 is 12.1 Å². The van der Waals surface area contributed by atoms with Gasteiger partial charge in [-0.2, -0.15) is 0 Å². The van der Waals surface area contributed by atoms with Crippen LogP contribution in [0, 0.1) is 0 Å². The zero-order chi connectivity index (χ0) is 23.7. The minimum atomic E-state index is -1.15. The molecule has 3 aromatic carbocycles. The van der Waals surface area contributed by atoms with E-state index in [0.717, 1.165) is 38.7 Å². The third-order valence-electron chi connectivity index (χ3n) is 6.33. The number of aliphatic carboxylic acids is 1. The molecule has 5 rings (SSSR count). The Morgan fingerprint density at radius 3 is 2.32 bits per heavy atom. The van der Waals surface area contributed by atoms with Crippen molar-refractivity contribution in [2.45, 2.75) is 18.4 Å². The van der Waals surface area contributed by atoms with E-state index in [-0.39, 0.29) is 18.9 Å². The summed E-state index contributed by atoms with van der Waals surface area (Å²) in [5.74, 6) is -0.601. The van der Waals surface area contributed by atoms with Crippen LogP contribution in [0.4, 0.5) is 4.79 Å². The Morgan fingerprint density at radius 1 is 1.00 bits per heavy atom. The molecule has 34 heavy (non-hydrogen) atoms. The number of hydrogen-bond acceptors (Lipinski definition) is 4. The van der Waals surface area contributed by atoms with Crippen molar-refractivity contribution < 1.29 is 24.2 Å². The maximum Gasteiger partial charge on any atom is 0.407 e. The lowest BCUT2D eigenvalue weighted by atomic mass is 9.98. The molecular weight excluding hydrogens is 432 g/mol.